The van der Waals surface area contributed by atoms with E-state index in [0.717, 1.165) is 17.4 Å². The monoisotopic (exact) mass is 334 g/mol. The summed E-state index contributed by atoms with van der Waals surface area (Å²) in [6, 6.07) is 6.39. The van der Waals surface area contributed by atoms with E-state index < -0.39 is 5.60 Å². The first kappa shape index (κ1) is 19.8. The molecule has 128 valence electrons. The van der Waals surface area contributed by atoms with Crippen LogP contribution in [0.3, 0.4) is 0 Å². The number of hydrogen-bond donors (Lipinski definition) is 2. The fraction of sp³-hybridized carbons (Fsp3) is 0.526. The lowest BCUT2D eigenvalue weighted by molar-refractivity contribution is -0.0210. The number of rotatable bonds is 6. The lowest BCUT2D eigenvalue weighted by Crippen LogP contribution is -2.40. The van der Waals surface area contributed by atoms with Gasteiger partial charge in [0, 0.05) is 27.5 Å². The fourth-order valence-electron chi connectivity index (χ4n) is 1.77. The molecule has 23 heavy (non-hydrogen) atoms. The minimum Gasteiger partial charge on any atom is -0.390 e. The lowest BCUT2D eigenvalue weighted by atomic mass is 9.79. The highest BCUT2D eigenvalue weighted by Crippen LogP contribution is 2.35. The standard InChI is InChI=1S/C19H30N2OS/c1-7-8-15-9-10-17(11-16(15)12-21-14(2)20)23-13-18(3,4)19(5,6)22/h8-12,22H,7,13H2,1-6H3,(H2,20,21)/b15-8+,16-12-. The molecule has 0 amide bonds. The number of hydrogen-bond acceptors (Lipinski definition) is 3. The number of thioether (sulfide) groups is 1. The Hall–Kier alpha value is -1.26. The van der Waals surface area contributed by atoms with Gasteiger partial charge >= 0.3 is 0 Å². The first-order valence-corrected chi connectivity index (χ1v) is 9.01. The van der Waals surface area contributed by atoms with Gasteiger partial charge in [-0.15, -0.1) is 11.8 Å². The molecule has 0 heterocycles. The molecule has 0 radical (unpaired) electrons. The second-order valence-electron chi connectivity index (χ2n) is 7.03. The van der Waals surface area contributed by atoms with E-state index in [9.17, 15) is 5.11 Å². The maximum Gasteiger partial charge on any atom is 0.0957 e. The van der Waals surface area contributed by atoms with Crippen LogP contribution in [0.25, 0.3) is 12.3 Å². The zero-order valence-electron chi connectivity index (χ0n) is 15.2. The SMILES string of the molecule is CC/C=c1\ccc(SCC(C)(C)C(C)(C)O)c\c1=C\N=C(C)N. The topological polar surface area (TPSA) is 58.6 Å². The summed E-state index contributed by atoms with van der Waals surface area (Å²) in [4.78, 5) is 5.40. The summed E-state index contributed by atoms with van der Waals surface area (Å²) in [6.45, 7) is 11.8. The second-order valence-corrected chi connectivity index (χ2v) is 8.08. The molecule has 0 unspecified atom stereocenters. The highest BCUT2D eigenvalue weighted by atomic mass is 32.2. The zero-order valence-corrected chi connectivity index (χ0v) is 16.0. The van der Waals surface area contributed by atoms with Crippen molar-refractivity contribution in [2.45, 2.75) is 58.5 Å². The Labute approximate surface area is 144 Å². The number of amidine groups is 1. The van der Waals surface area contributed by atoms with Crippen LogP contribution in [0.5, 0.6) is 0 Å². The molecule has 0 aromatic heterocycles. The molecule has 3 N–H and O–H groups in total. The van der Waals surface area contributed by atoms with Crippen LogP contribution < -0.4 is 16.2 Å². The summed E-state index contributed by atoms with van der Waals surface area (Å²) in [5, 5.41) is 12.5. The Morgan fingerprint density at radius 3 is 2.43 bits per heavy atom. The van der Waals surface area contributed by atoms with Crippen LogP contribution in [0.15, 0.2) is 28.1 Å². The molecular formula is C19H30N2OS. The molecule has 0 aliphatic heterocycles. The average molecular weight is 335 g/mol. The van der Waals surface area contributed by atoms with Crippen molar-refractivity contribution in [3.63, 3.8) is 0 Å². The van der Waals surface area contributed by atoms with Gasteiger partial charge in [0.15, 0.2) is 0 Å². The molecule has 0 bridgehead atoms. The number of aliphatic imine (C=N–C) groups is 1. The van der Waals surface area contributed by atoms with E-state index in [0.29, 0.717) is 5.84 Å². The van der Waals surface area contributed by atoms with Crippen molar-refractivity contribution in [3.05, 3.63) is 28.6 Å². The van der Waals surface area contributed by atoms with E-state index in [-0.39, 0.29) is 5.41 Å². The molecule has 3 nitrogen and oxygen atoms in total. The molecule has 0 aliphatic rings. The third-order valence-electron chi connectivity index (χ3n) is 4.15. The summed E-state index contributed by atoms with van der Waals surface area (Å²) in [6.07, 6.45) is 4.98. The van der Waals surface area contributed by atoms with Gasteiger partial charge in [-0.3, -0.25) is 0 Å². The van der Waals surface area contributed by atoms with Crippen molar-refractivity contribution >= 4 is 29.9 Å². The smallest absolute Gasteiger partial charge is 0.0957 e. The van der Waals surface area contributed by atoms with Crippen molar-refractivity contribution in [2.24, 2.45) is 16.1 Å². The molecule has 0 fully saturated rings. The van der Waals surface area contributed by atoms with Crippen LogP contribution >= 0.6 is 11.8 Å². The second kappa shape index (κ2) is 8.02. The highest BCUT2D eigenvalue weighted by Gasteiger charge is 2.34. The average Bonchev–Trinajstić information content (AvgIpc) is 2.43. The van der Waals surface area contributed by atoms with Gasteiger partial charge in [-0.05, 0) is 44.5 Å². The summed E-state index contributed by atoms with van der Waals surface area (Å²) >= 11 is 1.76. The summed E-state index contributed by atoms with van der Waals surface area (Å²) in [7, 11) is 0. The molecular weight excluding hydrogens is 304 g/mol. The van der Waals surface area contributed by atoms with Gasteiger partial charge in [0.25, 0.3) is 0 Å². The summed E-state index contributed by atoms with van der Waals surface area (Å²) in [5.74, 6) is 1.39. The molecule has 0 aliphatic carbocycles. The summed E-state index contributed by atoms with van der Waals surface area (Å²) in [5.41, 5.74) is 4.75. The first-order chi connectivity index (χ1) is 10.6. The highest BCUT2D eigenvalue weighted by molar-refractivity contribution is 7.99. The van der Waals surface area contributed by atoms with Gasteiger partial charge < -0.3 is 10.8 Å². The largest absolute Gasteiger partial charge is 0.390 e. The third kappa shape index (κ3) is 6.04. The van der Waals surface area contributed by atoms with E-state index in [4.69, 9.17) is 5.73 Å². The van der Waals surface area contributed by atoms with E-state index in [1.165, 1.54) is 10.1 Å². The Morgan fingerprint density at radius 2 is 1.91 bits per heavy atom. The quantitative estimate of drug-likeness (QED) is 0.478. The normalized spacial score (nSPS) is 15.3. The predicted molar refractivity (Wildman–Crippen MR) is 103 cm³/mol. The number of benzene rings is 1. The maximum atomic E-state index is 10.3. The van der Waals surface area contributed by atoms with Crippen molar-refractivity contribution in [1.29, 1.82) is 0 Å². The Bertz CT molecular complexity index is 666. The lowest BCUT2D eigenvalue weighted by Gasteiger charge is -2.37. The molecule has 1 aromatic rings. The minimum atomic E-state index is -0.716. The number of nitrogens with zero attached hydrogens (tertiary/aromatic N) is 1. The zero-order chi connectivity index (χ0) is 17.7. The Kier molecular flexibility index (Phi) is 6.90. The number of nitrogens with two attached hydrogens (primary N) is 1. The van der Waals surface area contributed by atoms with Crippen molar-refractivity contribution in [3.8, 4) is 0 Å². The van der Waals surface area contributed by atoms with E-state index in [1.54, 1.807) is 18.7 Å². The molecule has 4 heteroatoms. The van der Waals surface area contributed by atoms with Crippen LogP contribution in [0, 0.1) is 5.41 Å². The van der Waals surface area contributed by atoms with Crippen LogP contribution in [0.2, 0.25) is 0 Å². The minimum absolute atomic E-state index is 0.179. The van der Waals surface area contributed by atoms with E-state index >= 15 is 0 Å². The van der Waals surface area contributed by atoms with Crippen LogP contribution in [0.1, 0.15) is 48.0 Å². The van der Waals surface area contributed by atoms with Crippen molar-refractivity contribution in [2.75, 3.05) is 5.75 Å². The third-order valence-corrected chi connectivity index (χ3v) is 5.60. The van der Waals surface area contributed by atoms with Gasteiger partial charge in [0.2, 0.25) is 0 Å². The van der Waals surface area contributed by atoms with Gasteiger partial charge in [0.05, 0.1) is 11.4 Å². The van der Waals surface area contributed by atoms with Gasteiger partial charge in [-0.1, -0.05) is 32.9 Å². The molecule has 0 spiro atoms. The first-order valence-electron chi connectivity index (χ1n) is 8.02. The van der Waals surface area contributed by atoms with Gasteiger partial charge in [0.1, 0.15) is 0 Å². The van der Waals surface area contributed by atoms with E-state index in [1.807, 2.05) is 20.0 Å². The Balaban J connectivity index is 3.12. The molecule has 0 atom stereocenters. The number of aliphatic hydroxyl groups is 1. The molecule has 1 rings (SSSR count). The van der Waals surface area contributed by atoms with Crippen LogP contribution in [0.4, 0.5) is 0 Å². The predicted octanol–water partition coefficient (Wildman–Crippen LogP) is 2.88. The maximum absolute atomic E-state index is 10.3. The molecule has 1 aromatic carbocycles. The van der Waals surface area contributed by atoms with Gasteiger partial charge in [-0.25, -0.2) is 4.99 Å². The summed E-state index contributed by atoms with van der Waals surface area (Å²) < 4.78 is 0. The van der Waals surface area contributed by atoms with Crippen molar-refractivity contribution in [1.82, 2.24) is 0 Å². The van der Waals surface area contributed by atoms with Gasteiger partial charge in [-0.2, -0.15) is 0 Å². The van der Waals surface area contributed by atoms with Crippen molar-refractivity contribution < 1.29 is 5.11 Å². The van der Waals surface area contributed by atoms with E-state index in [2.05, 4.69) is 50.0 Å². The fourth-order valence-corrected chi connectivity index (χ4v) is 3.03. The Morgan fingerprint density at radius 1 is 1.26 bits per heavy atom. The molecule has 0 saturated heterocycles. The van der Waals surface area contributed by atoms with Crippen LogP contribution in [-0.4, -0.2) is 22.3 Å². The van der Waals surface area contributed by atoms with Crippen LogP contribution in [-0.2, 0) is 0 Å². The molecule has 0 saturated carbocycles.